The van der Waals surface area contributed by atoms with Crippen molar-refractivity contribution in [3.05, 3.63) is 81.3 Å². The van der Waals surface area contributed by atoms with Gasteiger partial charge in [-0.1, -0.05) is 35.3 Å². The number of amidine groups is 1. The van der Waals surface area contributed by atoms with Crippen LogP contribution in [0.1, 0.15) is 29.2 Å². The Bertz CT molecular complexity index is 1590. The van der Waals surface area contributed by atoms with E-state index in [4.69, 9.17) is 42.1 Å². The molecule has 0 aliphatic carbocycles. The van der Waals surface area contributed by atoms with Crippen LogP contribution in [0, 0.1) is 0 Å². The number of carboxylic acids is 1. The highest BCUT2D eigenvalue weighted by Crippen LogP contribution is 2.45. The number of fused-ring (bicyclic) bond motifs is 1. The Morgan fingerprint density at radius 1 is 1.00 bits per heavy atom. The van der Waals surface area contributed by atoms with Crippen molar-refractivity contribution < 1.29 is 46.8 Å². The number of benzene rings is 3. The van der Waals surface area contributed by atoms with Crippen LogP contribution in [0.25, 0.3) is 0 Å². The first-order valence-electron chi connectivity index (χ1n) is 12.8. The van der Waals surface area contributed by atoms with Crippen molar-refractivity contribution >= 4 is 46.6 Å². The number of ether oxygens (including phenoxy) is 4. The molecule has 10 nitrogen and oxygen atoms in total. The Balaban J connectivity index is 2.00. The maximum Gasteiger partial charge on any atom is 0.473 e. The fourth-order valence-electron chi connectivity index (χ4n) is 4.63. The molecule has 0 bridgehead atoms. The Kier molecular flexibility index (Phi) is 10.1. The Hall–Kier alpha value is -4.20. The molecule has 1 amide bonds. The molecule has 1 aliphatic rings. The maximum atomic E-state index is 13.2. The predicted octanol–water partition coefficient (Wildman–Crippen LogP) is 5.98. The zero-order chi connectivity index (χ0) is 32.2. The number of carbonyl (C=O) groups excluding carboxylic acids is 1. The van der Waals surface area contributed by atoms with E-state index in [1.54, 1.807) is 48.5 Å². The fraction of sp³-hybridized carbons (Fsp3) is 0.276. The summed E-state index contributed by atoms with van der Waals surface area (Å²) in [5, 5.41) is 14.0. The molecule has 15 heteroatoms. The Labute approximate surface area is 259 Å². The number of alkyl halides is 3. The quantitative estimate of drug-likeness (QED) is 0.270. The van der Waals surface area contributed by atoms with Gasteiger partial charge in [-0.15, -0.1) is 0 Å². The van der Waals surface area contributed by atoms with Crippen LogP contribution in [0.5, 0.6) is 17.2 Å². The van der Waals surface area contributed by atoms with Gasteiger partial charge in [0.05, 0.1) is 39.3 Å². The topological polar surface area (TPSA) is 119 Å². The lowest BCUT2D eigenvalue weighted by molar-refractivity contribution is -0.173. The highest BCUT2D eigenvalue weighted by molar-refractivity contribution is 6.33. The van der Waals surface area contributed by atoms with E-state index in [2.05, 4.69) is 5.10 Å². The van der Waals surface area contributed by atoms with Gasteiger partial charge in [0, 0.05) is 33.5 Å². The minimum atomic E-state index is -5.27. The number of hydrogen-bond donors (Lipinski definition) is 2. The smallest absolute Gasteiger partial charge is 0.473 e. The van der Waals surface area contributed by atoms with E-state index >= 15 is 0 Å². The third kappa shape index (κ3) is 7.12. The molecule has 0 spiro atoms. The Morgan fingerprint density at radius 3 is 2.36 bits per heavy atom. The molecule has 0 saturated heterocycles. The number of hydrazone groups is 1. The van der Waals surface area contributed by atoms with Crippen LogP contribution in [-0.2, 0) is 20.9 Å². The zero-order valence-electron chi connectivity index (χ0n) is 23.4. The standard InChI is InChI=1S/C29H26Cl2F3N3O7/c1-41-17-9-7-15(22(12-17)43-3)14-37-20-10-8-16(30)11-19(20)26(18-5-4-6-21(42-2)25(18)31)44-23(13-24(38)39)27(37)35-36-28(40)29(32,33)34/h4-12,23,26H,13-14H2,1-3H3,(H,36,40)(H,38,39)/t23-,26-/m0/s1. The van der Waals surface area contributed by atoms with Gasteiger partial charge in [-0.25, -0.2) is 5.43 Å². The molecule has 3 aromatic rings. The van der Waals surface area contributed by atoms with Crippen molar-refractivity contribution in [2.24, 2.45) is 5.10 Å². The number of methoxy groups -OCH3 is 3. The fourth-order valence-corrected chi connectivity index (χ4v) is 5.11. The second-order valence-corrected chi connectivity index (χ2v) is 10.2. The summed E-state index contributed by atoms with van der Waals surface area (Å²) in [5.74, 6) is -2.94. The van der Waals surface area contributed by atoms with Gasteiger partial charge in [0.1, 0.15) is 29.5 Å². The average molecular weight is 656 g/mol. The molecular weight excluding hydrogens is 630 g/mol. The molecule has 4 rings (SSSR count). The zero-order valence-corrected chi connectivity index (χ0v) is 25.0. The molecule has 2 N–H and O–H groups in total. The van der Waals surface area contributed by atoms with Gasteiger partial charge in [0.25, 0.3) is 0 Å². The first-order chi connectivity index (χ1) is 20.9. The molecule has 3 aromatic carbocycles. The number of hydrogen-bond acceptors (Lipinski definition) is 7. The van der Waals surface area contributed by atoms with E-state index in [-0.39, 0.29) is 22.4 Å². The lowest BCUT2D eigenvalue weighted by Crippen LogP contribution is -2.43. The van der Waals surface area contributed by atoms with Gasteiger partial charge in [0.15, 0.2) is 5.84 Å². The summed E-state index contributed by atoms with van der Waals surface area (Å²) in [6, 6.07) is 14.4. The normalized spacial score (nSPS) is 17.5. The van der Waals surface area contributed by atoms with Gasteiger partial charge < -0.3 is 29.0 Å². The summed E-state index contributed by atoms with van der Waals surface area (Å²) in [4.78, 5) is 25.3. The van der Waals surface area contributed by atoms with Crippen LogP contribution in [0.2, 0.25) is 10.0 Å². The molecular formula is C29H26Cl2F3N3O7. The molecule has 0 radical (unpaired) electrons. The molecule has 1 heterocycles. The van der Waals surface area contributed by atoms with E-state index in [9.17, 15) is 27.9 Å². The van der Waals surface area contributed by atoms with Gasteiger partial charge in [0.2, 0.25) is 0 Å². The number of halogens is 5. The molecule has 234 valence electrons. The third-order valence-electron chi connectivity index (χ3n) is 6.64. The summed E-state index contributed by atoms with van der Waals surface area (Å²) < 4.78 is 62.1. The number of anilines is 1. The van der Waals surface area contributed by atoms with Crippen LogP contribution in [-0.4, -0.2) is 56.4 Å². The number of carbonyl (C=O) groups is 2. The lowest BCUT2D eigenvalue weighted by atomic mass is 9.98. The average Bonchev–Trinajstić information content (AvgIpc) is 3.09. The van der Waals surface area contributed by atoms with Crippen molar-refractivity contribution in [2.45, 2.75) is 31.3 Å². The minimum Gasteiger partial charge on any atom is -0.497 e. The number of carboxylic acid groups (broad SMARTS) is 1. The molecule has 0 unspecified atom stereocenters. The number of rotatable bonds is 9. The first kappa shape index (κ1) is 32.7. The summed E-state index contributed by atoms with van der Waals surface area (Å²) in [7, 11) is 4.30. The maximum absolute atomic E-state index is 13.2. The number of nitrogens with one attached hydrogen (secondary N) is 1. The van der Waals surface area contributed by atoms with Gasteiger partial charge >= 0.3 is 18.1 Å². The minimum absolute atomic E-state index is 0.124. The molecule has 44 heavy (non-hydrogen) atoms. The van der Waals surface area contributed by atoms with Gasteiger partial charge in [-0.3, -0.25) is 9.59 Å². The predicted molar refractivity (Wildman–Crippen MR) is 156 cm³/mol. The first-order valence-corrected chi connectivity index (χ1v) is 13.6. The summed E-state index contributed by atoms with van der Waals surface area (Å²) in [6.45, 7) is -0.124. The Morgan fingerprint density at radius 2 is 1.73 bits per heavy atom. The summed E-state index contributed by atoms with van der Waals surface area (Å²) >= 11 is 13.1. The lowest BCUT2D eigenvalue weighted by Gasteiger charge is -2.29. The summed E-state index contributed by atoms with van der Waals surface area (Å²) in [5.41, 5.74) is 3.06. The van der Waals surface area contributed by atoms with Crippen LogP contribution in [0.15, 0.2) is 59.7 Å². The third-order valence-corrected chi connectivity index (χ3v) is 7.28. The second-order valence-electron chi connectivity index (χ2n) is 9.34. The van der Waals surface area contributed by atoms with Crippen LogP contribution < -0.4 is 24.5 Å². The molecule has 2 atom stereocenters. The molecule has 0 fully saturated rings. The van der Waals surface area contributed by atoms with Crippen LogP contribution in [0.4, 0.5) is 18.9 Å². The number of nitrogens with zero attached hydrogens (tertiary/aromatic N) is 2. The molecule has 1 aliphatic heterocycles. The van der Waals surface area contributed by atoms with E-state index < -0.39 is 36.7 Å². The molecule has 0 aromatic heterocycles. The van der Waals surface area contributed by atoms with Crippen molar-refractivity contribution in [3.63, 3.8) is 0 Å². The second kappa shape index (κ2) is 13.6. The van der Waals surface area contributed by atoms with Gasteiger partial charge in [-0.2, -0.15) is 18.3 Å². The molecule has 0 saturated carbocycles. The van der Waals surface area contributed by atoms with Gasteiger partial charge in [-0.05, 0) is 36.4 Å². The van der Waals surface area contributed by atoms with E-state index in [0.717, 1.165) is 0 Å². The SMILES string of the molecule is COc1ccc(CN2C(=NNC(=O)C(F)(F)F)[C@H](CC(=O)O)O[C@@H](c3cccc(OC)c3Cl)c3cc(Cl)ccc32)c(OC)c1. The van der Waals surface area contributed by atoms with E-state index in [0.29, 0.717) is 39.6 Å². The van der Waals surface area contributed by atoms with E-state index in [1.807, 2.05) is 0 Å². The highest BCUT2D eigenvalue weighted by atomic mass is 35.5. The summed E-state index contributed by atoms with van der Waals surface area (Å²) in [6.07, 6.45) is -8.65. The number of aliphatic carboxylic acids is 1. The highest BCUT2D eigenvalue weighted by Gasteiger charge is 2.41. The van der Waals surface area contributed by atoms with Crippen LogP contribution >= 0.6 is 23.2 Å². The van der Waals surface area contributed by atoms with Crippen LogP contribution in [0.3, 0.4) is 0 Å². The number of amides is 1. The van der Waals surface area contributed by atoms with Crippen molar-refractivity contribution in [1.82, 2.24) is 5.43 Å². The van der Waals surface area contributed by atoms with Crippen molar-refractivity contribution in [2.75, 3.05) is 26.2 Å². The largest absolute Gasteiger partial charge is 0.497 e. The van der Waals surface area contributed by atoms with E-state index in [1.165, 1.54) is 37.7 Å². The monoisotopic (exact) mass is 655 g/mol. The van der Waals surface area contributed by atoms with Crippen molar-refractivity contribution in [3.8, 4) is 17.2 Å². The van der Waals surface area contributed by atoms with Crippen molar-refractivity contribution in [1.29, 1.82) is 0 Å².